The van der Waals surface area contributed by atoms with Crippen LogP contribution in [-0.4, -0.2) is 37.0 Å². The van der Waals surface area contributed by atoms with Crippen molar-refractivity contribution in [2.24, 2.45) is 4.99 Å². The lowest BCUT2D eigenvalue weighted by Gasteiger charge is -2.12. The number of rotatable bonds is 2. The number of hydrogen-bond acceptors (Lipinski definition) is 5. The summed E-state index contributed by atoms with van der Waals surface area (Å²) in [6.45, 7) is 2.66. The molecule has 4 aromatic rings. The molecule has 1 atom stereocenters. The van der Waals surface area contributed by atoms with Crippen LogP contribution in [0, 0.1) is 6.92 Å². The van der Waals surface area contributed by atoms with E-state index in [-0.39, 0.29) is 19.6 Å². The van der Waals surface area contributed by atoms with Gasteiger partial charge < -0.3 is 4.74 Å². The standard InChI is InChI=1S/C22H17ClN6O.H2S/c1-13-2-4-14(5-3-13)20-11-24-22(30-20)21-19-9-16-10-26-27-29(16)18-8-15(23)6-7-17(18)28(19)12-25-21;/h2-8,10,12,20H,9,11H2,1H3;1H2/t20-;/m1./s1. The minimum atomic E-state index is -0.0954. The molecule has 0 fully saturated rings. The molecule has 0 unspecified atom stereocenters. The van der Waals surface area contributed by atoms with E-state index in [0.29, 0.717) is 23.9 Å². The summed E-state index contributed by atoms with van der Waals surface area (Å²) in [6.07, 6.45) is 4.08. The van der Waals surface area contributed by atoms with E-state index in [2.05, 4.69) is 56.0 Å². The molecule has 9 heteroatoms. The van der Waals surface area contributed by atoms with Gasteiger partial charge >= 0.3 is 0 Å². The van der Waals surface area contributed by atoms with Crippen molar-refractivity contribution in [2.45, 2.75) is 19.4 Å². The Hall–Kier alpha value is -3.10. The first-order valence-corrected chi connectivity index (χ1v) is 10.1. The summed E-state index contributed by atoms with van der Waals surface area (Å²) in [7, 11) is 0. The predicted octanol–water partition coefficient (Wildman–Crippen LogP) is 3.95. The van der Waals surface area contributed by atoms with Crippen LogP contribution >= 0.6 is 25.1 Å². The number of fused-ring (bicyclic) bond motifs is 5. The number of hydrogen-bond donors (Lipinski definition) is 0. The molecule has 2 aromatic heterocycles. The van der Waals surface area contributed by atoms with E-state index in [1.54, 1.807) is 6.20 Å². The van der Waals surface area contributed by atoms with E-state index in [1.165, 1.54) is 5.56 Å². The van der Waals surface area contributed by atoms with Gasteiger partial charge in [0.1, 0.15) is 18.1 Å². The summed E-state index contributed by atoms with van der Waals surface area (Å²) in [5.41, 5.74) is 6.83. The summed E-state index contributed by atoms with van der Waals surface area (Å²) in [4.78, 5) is 9.34. The molecule has 7 nitrogen and oxygen atoms in total. The van der Waals surface area contributed by atoms with Gasteiger partial charge in [-0.3, -0.25) is 4.57 Å². The molecule has 2 aliphatic heterocycles. The maximum absolute atomic E-state index is 6.26. The number of halogens is 1. The van der Waals surface area contributed by atoms with Gasteiger partial charge in [-0.1, -0.05) is 46.6 Å². The number of aliphatic imine (C=N–C) groups is 1. The summed E-state index contributed by atoms with van der Waals surface area (Å²) in [5, 5.41) is 9.00. The SMILES string of the molecule is Cc1ccc([C@H]2CN=C(c3ncn4c3Cc3cnnn3-c3cc(Cl)ccc3-4)O2)cc1.S. The molecule has 6 rings (SSSR count). The van der Waals surface area contributed by atoms with Crippen LogP contribution in [0.15, 0.2) is 60.0 Å². The monoisotopic (exact) mass is 450 g/mol. The molecule has 156 valence electrons. The van der Waals surface area contributed by atoms with Gasteiger partial charge in [0, 0.05) is 11.4 Å². The van der Waals surface area contributed by atoms with Crippen molar-refractivity contribution in [3.63, 3.8) is 0 Å². The second kappa shape index (κ2) is 7.55. The topological polar surface area (TPSA) is 70.1 Å². The van der Waals surface area contributed by atoms with Crippen molar-refractivity contribution < 1.29 is 4.74 Å². The zero-order chi connectivity index (χ0) is 20.2. The first kappa shape index (κ1) is 19.8. The van der Waals surface area contributed by atoms with Crippen molar-refractivity contribution in [3.8, 4) is 11.4 Å². The van der Waals surface area contributed by atoms with Gasteiger partial charge in [0.2, 0.25) is 5.90 Å². The molecule has 2 aromatic carbocycles. The maximum Gasteiger partial charge on any atom is 0.238 e. The Morgan fingerprint density at radius 3 is 2.77 bits per heavy atom. The third-order valence-corrected chi connectivity index (χ3v) is 5.80. The van der Waals surface area contributed by atoms with E-state index in [9.17, 15) is 0 Å². The fourth-order valence-corrected chi connectivity index (χ4v) is 4.18. The Bertz CT molecular complexity index is 1310. The summed E-state index contributed by atoms with van der Waals surface area (Å²) in [6, 6.07) is 14.1. The molecule has 0 spiro atoms. The fraction of sp³-hybridized carbons (Fsp3) is 0.182. The Balaban J connectivity index is 0.00000204. The van der Waals surface area contributed by atoms with Crippen molar-refractivity contribution in [1.29, 1.82) is 0 Å². The average molecular weight is 451 g/mol. The van der Waals surface area contributed by atoms with Crippen LogP contribution in [-0.2, 0) is 11.2 Å². The summed E-state index contributed by atoms with van der Waals surface area (Å²) in [5.74, 6) is 0.575. The maximum atomic E-state index is 6.26. The first-order chi connectivity index (χ1) is 14.7. The van der Waals surface area contributed by atoms with Crippen LogP contribution in [0.1, 0.15) is 34.3 Å². The highest BCUT2D eigenvalue weighted by Crippen LogP contribution is 2.32. The van der Waals surface area contributed by atoms with Gasteiger partial charge in [0.05, 0.1) is 35.5 Å². The fourth-order valence-electron chi connectivity index (χ4n) is 4.01. The van der Waals surface area contributed by atoms with Gasteiger partial charge in [0.15, 0.2) is 0 Å². The lowest BCUT2D eigenvalue weighted by molar-refractivity contribution is 0.229. The van der Waals surface area contributed by atoms with E-state index in [4.69, 9.17) is 16.3 Å². The lowest BCUT2D eigenvalue weighted by Crippen LogP contribution is -2.10. The second-order valence-corrected chi connectivity index (χ2v) is 7.96. The van der Waals surface area contributed by atoms with Crippen LogP contribution in [0.3, 0.4) is 0 Å². The van der Waals surface area contributed by atoms with E-state index in [0.717, 1.165) is 34.0 Å². The third-order valence-electron chi connectivity index (χ3n) is 5.57. The minimum Gasteiger partial charge on any atom is -0.466 e. The number of imidazole rings is 1. The van der Waals surface area contributed by atoms with Gasteiger partial charge in [0.25, 0.3) is 0 Å². The van der Waals surface area contributed by atoms with Crippen LogP contribution in [0.25, 0.3) is 11.4 Å². The Morgan fingerprint density at radius 2 is 1.94 bits per heavy atom. The van der Waals surface area contributed by atoms with E-state index < -0.39 is 0 Å². The Labute approximate surface area is 190 Å². The van der Waals surface area contributed by atoms with Crippen LogP contribution in [0.5, 0.6) is 0 Å². The smallest absolute Gasteiger partial charge is 0.238 e. The number of nitrogens with zero attached hydrogens (tertiary/aromatic N) is 6. The quantitative estimate of drug-likeness (QED) is 0.408. The predicted molar refractivity (Wildman–Crippen MR) is 123 cm³/mol. The molecule has 31 heavy (non-hydrogen) atoms. The van der Waals surface area contributed by atoms with Crippen molar-refractivity contribution >= 4 is 31.0 Å². The third kappa shape index (κ3) is 3.23. The molecule has 2 aliphatic rings. The lowest BCUT2D eigenvalue weighted by atomic mass is 10.1. The normalized spacial score (nSPS) is 16.3. The Morgan fingerprint density at radius 1 is 1.10 bits per heavy atom. The molecule has 0 radical (unpaired) electrons. The van der Waals surface area contributed by atoms with Crippen LogP contribution < -0.4 is 0 Å². The molecule has 4 heterocycles. The Kier molecular flexibility index (Phi) is 4.83. The number of benzene rings is 2. The van der Waals surface area contributed by atoms with Crippen LogP contribution in [0.2, 0.25) is 5.02 Å². The largest absolute Gasteiger partial charge is 0.466 e. The summed E-state index contributed by atoms with van der Waals surface area (Å²) < 4.78 is 10.1. The second-order valence-electron chi connectivity index (χ2n) is 7.52. The van der Waals surface area contributed by atoms with Crippen molar-refractivity contribution in [2.75, 3.05) is 6.54 Å². The highest BCUT2D eigenvalue weighted by atomic mass is 35.5. The molecule has 0 N–H and O–H groups in total. The number of ether oxygens (including phenoxy) is 1. The zero-order valence-electron chi connectivity index (χ0n) is 16.7. The van der Waals surface area contributed by atoms with Crippen LogP contribution in [0.4, 0.5) is 0 Å². The molecule has 0 aliphatic carbocycles. The van der Waals surface area contributed by atoms with E-state index >= 15 is 0 Å². The molecule has 0 amide bonds. The van der Waals surface area contributed by atoms with E-state index in [1.807, 2.05) is 29.2 Å². The van der Waals surface area contributed by atoms with Gasteiger partial charge in [-0.15, -0.1) is 5.10 Å². The highest BCUT2D eigenvalue weighted by molar-refractivity contribution is 7.59. The molecule has 0 bridgehead atoms. The van der Waals surface area contributed by atoms with Crippen molar-refractivity contribution in [1.82, 2.24) is 24.5 Å². The van der Waals surface area contributed by atoms with Gasteiger partial charge in [-0.05, 0) is 30.7 Å². The number of aromatic nitrogens is 5. The summed E-state index contributed by atoms with van der Waals surface area (Å²) >= 11 is 6.26. The van der Waals surface area contributed by atoms with Gasteiger partial charge in [-0.2, -0.15) is 13.5 Å². The first-order valence-electron chi connectivity index (χ1n) is 9.71. The molecular weight excluding hydrogens is 432 g/mol. The molecule has 0 saturated carbocycles. The highest BCUT2D eigenvalue weighted by Gasteiger charge is 2.30. The van der Waals surface area contributed by atoms with Crippen molar-refractivity contribution in [3.05, 3.63) is 88.2 Å². The molecular formula is C22H19ClN6OS. The average Bonchev–Trinajstić information content (AvgIpc) is 3.48. The number of aryl methyl sites for hydroxylation is 1. The minimum absolute atomic E-state index is 0. The molecule has 0 saturated heterocycles. The van der Waals surface area contributed by atoms with Gasteiger partial charge in [-0.25, -0.2) is 14.7 Å². The zero-order valence-corrected chi connectivity index (χ0v) is 18.4.